The van der Waals surface area contributed by atoms with E-state index in [4.69, 9.17) is 9.97 Å². The van der Waals surface area contributed by atoms with Gasteiger partial charge in [0, 0.05) is 54.4 Å². The van der Waals surface area contributed by atoms with Crippen molar-refractivity contribution in [2.24, 2.45) is 0 Å². The molecule has 2 atom stereocenters. The number of anilines is 1. The first kappa shape index (κ1) is 18.0. The Morgan fingerprint density at radius 2 is 1.79 bits per heavy atom. The lowest BCUT2D eigenvalue weighted by molar-refractivity contribution is 0.153. The average molecular weight is 380 g/mol. The molecule has 2 unspecified atom stereocenters. The molecule has 2 aromatic heterocycles. The van der Waals surface area contributed by atoms with Gasteiger partial charge in [-0.05, 0) is 63.6 Å². The van der Waals surface area contributed by atoms with Gasteiger partial charge < -0.3 is 10.0 Å². The molecule has 1 N–H and O–H groups in total. The first-order valence-corrected chi connectivity index (χ1v) is 10.7. The second-order valence-electron chi connectivity index (χ2n) is 8.35. The summed E-state index contributed by atoms with van der Waals surface area (Å²) in [6, 6.07) is 4.82. The first-order valence-electron chi connectivity index (χ1n) is 10.7. The van der Waals surface area contributed by atoms with E-state index in [2.05, 4.69) is 14.8 Å². The number of aliphatic hydroxyl groups excluding tert-OH is 1. The van der Waals surface area contributed by atoms with Crippen LogP contribution in [0.1, 0.15) is 43.4 Å². The second-order valence-corrected chi connectivity index (χ2v) is 8.35. The Hall–Kier alpha value is -2.05. The Bertz CT molecular complexity index is 827. The van der Waals surface area contributed by atoms with Crippen LogP contribution in [0.5, 0.6) is 0 Å². The highest BCUT2D eigenvalue weighted by molar-refractivity contribution is 5.61. The van der Waals surface area contributed by atoms with E-state index in [9.17, 15) is 5.11 Å². The van der Waals surface area contributed by atoms with Gasteiger partial charge in [0.1, 0.15) is 5.82 Å². The Balaban J connectivity index is 1.47. The number of rotatable bonds is 5. The summed E-state index contributed by atoms with van der Waals surface area (Å²) in [5.41, 5.74) is 3.64. The molecule has 4 heterocycles. The van der Waals surface area contributed by atoms with Crippen LogP contribution in [-0.4, -0.2) is 63.3 Å². The Morgan fingerprint density at radius 1 is 0.964 bits per heavy atom. The van der Waals surface area contributed by atoms with Crippen LogP contribution in [0.2, 0.25) is 0 Å². The van der Waals surface area contributed by atoms with Crippen LogP contribution >= 0.6 is 0 Å². The van der Waals surface area contributed by atoms with E-state index in [1.165, 1.54) is 36.9 Å². The Labute approximate surface area is 166 Å². The molecule has 28 heavy (non-hydrogen) atoms. The molecule has 2 saturated heterocycles. The maximum absolute atomic E-state index is 9.70. The smallest absolute Gasteiger partial charge is 0.161 e. The zero-order valence-electron chi connectivity index (χ0n) is 16.4. The molecule has 0 bridgehead atoms. The lowest BCUT2D eigenvalue weighted by Gasteiger charge is -2.33. The maximum atomic E-state index is 9.70. The van der Waals surface area contributed by atoms with Crippen molar-refractivity contribution in [3.05, 3.63) is 35.8 Å². The fourth-order valence-corrected chi connectivity index (χ4v) is 5.20. The van der Waals surface area contributed by atoms with E-state index in [0.29, 0.717) is 12.1 Å². The minimum absolute atomic E-state index is 0.280. The van der Waals surface area contributed by atoms with Crippen LogP contribution in [0.25, 0.3) is 11.4 Å². The quantitative estimate of drug-likeness (QED) is 0.861. The van der Waals surface area contributed by atoms with Gasteiger partial charge in [-0.25, -0.2) is 9.97 Å². The third-order valence-corrected chi connectivity index (χ3v) is 6.65. The molecule has 1 aliphatic carbocycles. The molecule has 0 saturated carbocycles. The molecule has 148 valence electrons. The predicted molar refractivity (Wildman–Crippen MR) is 109 cm³/mol. The third-order valence-electron chi connectivity index (χ3n) is 6.65. The highest BCUT2D eigenvalue weighted by Crippen LogP contribution is 2.35. The summed E-state index contributed by atoms with van der Waals surface area (Å²) in [4.78, 5) is 19.2. The molecular weight excluding hydrogens is 350 g/mol. The van der Waals surface area contributed by atoms with Gasteiger partial charge in [0.15, 0.2) is 5.82 Å². The molecule has 0 radical (unpaired) electrons. The summed E-state index contributed by atoms with van der Waals surface area (Å²) < 4.78 is 0. The van der Waals surface area contributed by atoms with Gasteiger partial charge in [-0.2, -0.15) is 0 Å². The molecule has 0 amide bonds. The molecule has 0 aromatic carbocycles. The van der Waals surface area contributed by atoms with Gasteiger partial charge in [0.2, 0.25) is 0 Å². The van der Waals surface area contributed by atoms with Crippen molar-refractivity contribution >= 4 is 5.82 Å². The van der Waals surface area contributed by atoms with Gasteiger partial charge >= 0.3 is 0 Å². The molecule has 6 heteroatoms. The van der Waals surface area contributed by atoms with Gasteiger partial charge in [-0.3, -0.25) is 9.88 Å². The van der Waals surface area contributed by atoms with Gasteiger partial charge in [0.05, 0.1) is 6.61 Å². The lowest BCUT2D eigenvalue weighted by atomic mass is 10.1. The van der Waals surface area contributed by atoms with E-state index >= 15 is 0 Å². The molecule has 2 aromatic rings. The lowest BCUT2D eigenvalue weighted by Crippen LogP contribution is -2.44. The van der Waals surface area contributed by atoms with Crippen LogP contribution in [0.4, 0.5) is 5.82 Å². The summed E-state index contributed by atoms with van der Waals surface area (Å²) in [6.45, 7) is 3.50. The molecule has 3 aliphatic rings. The summed E-state index contributed by atoms with van der Waals surface area (Å²) in [7, 11) is 0. The van der Waals surface area contributed by atoms with Gasteiger partial charge in [0.25, 0.3) is 0 Å². The van der Waals surface area contributed by atoms with E-state index < -0.39 is 0 Å². The number of nitrogens with zero attached hydrogens (tertiary/aromatic N) is 5. The van der Waals surface area contributed by atoms with E-state index in [-0.39, 0.29) is 6.61 Å². The van der Waals surface area contributed by atoms with Crippen molar-refractivity contribution in [3.63, 3.8) is 0 Å². The number of fused-ring (bicyclic) bond motifs is 1. The SMILES string of the molecule is OCC1CCCN1CC1CCCN1c1nc(-c2ccncc2)nc2c1CCC2. The highest BCUT2D eigenvalue weighted by Gasteiger charge is 2.34. The van der Waals surface area contributed by atoms with Gasteiger partial charge in [-0.15, -0.1) is 0 Å². The molecule has 5 rings (SSSR count). The van der Waals surface area contributed by atoms with Crippen molar-refractivity contribution in [1.82, 2.24) is 19.9 Å². The first-order chi connectivity index (χ1) is 13.8. The molecule has 2 aliphatic heterocycles. The maximum Gasteiger partial charge on any atom is 0.161 e. The second kappa shape index (κ2) is 7.76. The summed E-state index contributed by atoms with van der Waals surface area (Å²) >= 11 is 0. The third kappa shape index (κ3) is 3.29. The van der Waals surface area contributed by atoms with E-state index in [0.717, 1.165) is 56.1 Å². The fraction of sp³-hybridized carbons (Fsp3) is 0.591. The molecule has 2 fully saturated rings. The van der Waals surface area contributed by atoms with Crippen molar-refractivity contribution < 1.29 is 5.11 Å². The van der Waals surface area contributed by atoms with Crippen molar-refractivity contribution in [2.45, 2.75) is 57.0 Å². The molecule has 6 nitrogen and oxygen atoms in total. The number of likely N-dealkylation sites (tertiary alicyclic amines) is 1. The number of aromatic nitrogens is 3. The van der Waals surface area contributed by atoms with E-state index in [1.807, 2.05) is 24.5 Å². The van der Waals surface area contributed by atoms with Crippen LogP contribution in [-0.2, 0) is 12.8 Å². The summed E-state index contributed by atoms with van der Waals surface area (Å²) in [5.74, 6) is 2.00. The normalized spacial score (nSPS) is 24.8. The van der Waals surface area contributed by atoms with Crippen LogP contribution in [0.15, 0.2) is 24.5 Å². The highest BCUT2D eigenvalue weighted by atomic mass is 16.3. The number of hydrogen-bond acceptors (Lipinski definition) is 6. The molecular formula is C22H29N5O. The average Bonchev–Trinajstić information content (AvgIpc) is 3.49. The minimum atomic E-state index is 0.280. The summed E-state index contributed by atoms with van der Waals surface area (Å²) in [6.07, 6.45) is 11.7. The Kier molecular flexibility index (Phi) is 4.99. The van der Waals surface area contributed by atoms with Crippen molar-refractivity contribution in [2.75, 3.05) is 31.1 Å². The zero-order valence-corrected chi connectivity index (χ0v) is 16.4. The predicted octanol–water partition coefficient (Wildman–Crippen LogP) is 2.45. The number of hydrogen-bond donors (Lipinski definition) is 1. The molecule has 0 spiro atoms. The van der Waals surface area contributed by atoms with Gasteiger partial charge in [-0.1, -0.05) is 0 Å². The fourth-order valence-electron chi connectivity index (χ4n) is 5.20. The monoisotopic (exact) mass is 379 g/mol. The largest absolute Gasteiger partial charge is 0.395 e. The summed E-state index contributed by atoms with van der Waals surface area (Å²) in [5, 5.41) is 9.70. The standard InChI is InChI=1S/C22H29N5O/c28-15-18-5-2-12-26(18)14-17-4-3-13-27(17)22-19-6-1-7-20(19)24-21(25-22)16-8-10-23-11-9-16/h8-11,17-18,28H,1-7,12-15H2. The zero-order chi connectivity index (χ0) is 18.9. The van der Waals surface area contributed by atoms with Crippen molar-refractivity contribution in [1.29, 1.82) is 0 Å². The van der Waals surface area contributed by atoms with Crippen molar-refractivity contribution in [3.8, 4) is 11.4 Å². The topological polar surface area (TPSA) is 65.4 Å². The van der Waals surface area contributed by atoms with Crippen LogP contribution in [0, 0.1) is 0 Å². The number of aliphatic hydroxyl groups is 1. The minimum Gasteiger partial charge on any atom is -0.395 e. The van der Waals surface area contributed by atoms with Crippen LogP contribution < -0.4 is 4.90 Å². The Morgan fingerprint density at radius 3 is 2.64 bits per heavy atom. The number of aryl methyl sites for hydroxylation is 1. The van der Waals surface area contributed by atoms with E-state index in [1.54, 1.807) is 0 Å². The number of pyridine rings is 1. The van der Waals surface area contributed by atoms with Crippen LogP contribution in [0.3, 0.4) is 0 Å².